The first kappa shape index (κ1) is 14.4. The summed E-state index contributed by atoms with van der Waals surface area (Å²) in [6.07, 6.45) is 1.39. The summed E-state index contributed by atoms with van der Waals surface area (Å²) >= 11 is 3.06. The molecule has 7 heteroatoms. The number of hydrogen-bond donors (Lipinski definition) is 0. The molecule has 0 radical (unpaired) electrons. The van der Waals surface area contributed by atoms with Gasteiger partial charge in [0, 0.05) is 12.3 Å². The van der Waals surface area contributed by atoms with Crippen LogP contribution in [-0.4, -0.2) is 22.4 Å². The molecule has 1 aromatic heterocycles. The molecule has 20 heavy (non-hydrogen) atoms. The molecule has 0 amide bonds. The van der Waals surface area contributed by atoms with E-state index in [9.17, 15) is 14.0 Å². The molecule has 0 N–H and O–H groups in total. The summed E-state index contributed by atoms with van der Waals surface area (Å²) in [7, 11) is 0. The van der Waals surface area contributed by atoms with Crippen LogP contribution < -0.4 is 5.43 Å². The largest absolute Gasteiger partial charge is 0.461 e. The van der Waals surface area contributed by atoms with Crippen molar-refractivity contribution in [3.63, 3.8) is 0 Å². The van der Waals surface area contributed by atoms with Crippen LogP contribution in [0.2, 0.25) is 0 Å². The molecule has 0 aliphatic rings. The van der Waals surface area contributed by atoms with E-state index in [1.54, 1.807) is 6.92 Å². The van der Waals surface area contributed by atoms with Gasteiger partial charge in [0.05, 0.1) is 16.8 Å². The molecule has 0 aliphatic heterocycles. The summed E-state index contributed by atoms with van der Waals surface area (Å²) in [4.78, 5) is 23.2. The van der Waals surface area contributed by atoms with Gasteiger partial charge in [-0.15, -0.1) is 0 Å². The molecule has 0 saturated carbocycles. The maximum absolute atomic E-state index is 13.2. The SMILES string of the molecule is CCOC(=O)c1nn(-c2ccc(F)c(Br)c2)ccc1=O. The van der Waals surface area contributed by atoms with E-state index in [-0.39, 0.29) is 16.8 Å². The number of nitrogens with zero attached hydrogens (tertiary/aromatic N) is 2. The van der Waals surface area contributed by atoms with Gasteiger partial charge in [0.1, 0.15) is 5.82 Å². The van der Waals surface area contributed by atoms with E-state index in [1.807, 2.05) is 0 Å². The van der Waals surface area contributed by atoms with E-state index in [4.69, 9.17) is 4.74 Å². The second kappa shape index (κ2) is 5.96. The van der Waals surface area contributed by atoms with Gasteiger partial charge in [0.2, 0.25) is 11.1 Å². The van der Waals surface area contributed by atoms with Crippen molar-refractivity contribution in [2.75, 3.05) is 6.61 Å². The Balaban J connectivity index is 2.48. The summed E-state index contributed by atoms with van der Waals surface area (Å²) in [5, 5.41) is 3.92. The quantitative estimate of drug-likeness (QED) is 0.804. The molecule has 2 rings (SSSR count). The van der Waals surface area contributed by atoms with Crippen molar-refractivity contribution in [2.45, 2.75) is 6.92 Å². The summed E-state index contributed by atoms with van der Waals surface area (Å²) in [6, 6.07) is 5.42. The number of rotatable bonds is 3. The number of hydrogen-bond acceptors (Lipinski definition) is 4. The minimum atomic E-state index is -0.784. The maximum atomic E-state index is 13.2. The Labute approximate surface area is 122 Å². The van der Waals surface area contributed by atoms with Crippen LogP contribution >= 0.6 is 15.9 Å². The highest BCUT2D eigenvalue weighted by Crippen LogP contribution is 2.18. The molecule has 0 fully saturated rings. The van der Waals surface area contributed by atoms with Crippen molar-refractivity contribution in [2.24, 2.45) is 0 Å². The van der Waals surface area contributed by atoms with E-state index in [0.717, 1.165) is 0 Å². The third-order valence-electron chi connectivity index (χ3n) is 2.44. The van der Waals surface area contributed by atoms with Crippen LogP contribution in [0.1, 0.15) is 17.4 Å². The fourth-order valence-electron chi connectivity index (χ4n) is 1.52. The van der Waals surface area contributed by atoms with Gasteiger partial charge in [-0.1, -0.05) is 0 Å². The molecule has 5 nitrogen and oxygen atoms in total. The van der Waals surface area contributed by atoms with E-state index in [2.05, 4.69) is 21.0 Å². The number of halogens is 2. The lowest BCUT2D eigenvalue weighted by atomic mass is 10.3. The van der Waals surface area contributed by atoms with E-state index in [1.165, 1.54) is 35.1 Å². The molecule has 104 valence electrons. The van der Waals surface area contributed by atoms with Crippen LogP contribution in [-0.2, 0) is 4.74 Å². The molecule has 1 heterocycles. The Morgan fingerprint density at radius 2 is 2.20 bits per heavy atom. The minimum Gasteiger partial charge on any atom is -0.461 e. The van der Waals surface area contributed by atoms with Crippen LogP contribution in [0.25, 0.3) is 5.69 Å². The number of benzene rings is 1. The maximum Gasteiger partial charge on any atom is 0.362 e. The second-order valence-corrected chi connectivity index (χ2v) is 4.65. The predicted molar refractivity (Wildman–Crippen MR) is 73.4 cm³/mol. The summed E-state index contributed by atoms with van der Waals surface area (Å²) in [5.74, 6) is -1.20. The topological polar surface area (TPSA) is 61.2 Å². The standard InChI is InChI=1S/C13H10BrFN2O3/c1-2-20-13(19)12-11(18)5-6-17(16-12)8-3-4-10(15)9(14)7-8/h3-7H,2H2,1H3. The fraction of sp³-hybridized carbons (Fsp3) is 0.154. The van der Waals surface area contributed by atoms with Gasteiger partial charge in [-0.25, -0.2) is 13.9 Å². The Kier molecular flexibility index (Phi) is 4.29. The van der Waals surface area contributed by atoms with Gasteiger partial charge in [-0.2, -0.15) is 5.10 Å². The molecule has 0 spiro atoms. The zero-order valence-corrected chi connectivity index (χ0v) is 12.1. The molecule has 0 saturated heterocycles. The Hall–Kier alpha value is -2.02. The van der Waals surface area contributed by atoms with Crippen molar-refractivity contribution in [1.82, 2.24) is 9.78 Å². The van der Waals surface area contributed by atoms with Crippen molar-refractivity contribution in [1.29, 1.82) is 0 Å². The fourth-order valence-corrected chi connectivity index (χ4v) is 1.89. The van der Waals surface area contributed by atoms with E-state index >= 15 is 0 Å². The summed E-state index contributed by atoms with van der Waals surface area (Å²) in [5.41, 5.74) is -0.334. The lowest BCUT2D eigenvalue weighted by Crippen LogP contribution is -2.22. The molecular weight excluding hydrogens is 331 g/mol. The monoisotopic (exact) mass is 340 g/mol. The smallest absolute Gasteiger partial charge is 0.362 e. The first-order chi connectivity index (χ1) is 9.52. The van der Waals surface area contributed by atoms with Crippen LogP contribution in [0.3, 0.4) is 0 Å². The van der Waals surface area contributed by atoms with Gasteiger partial charge in [0.25, 0.3) is 0 Å². The second-order valence-electron chi connectivity index (χ2n) is 3.79. The van der Waals surface area contributed by atoms with E-state index in [0.29, 0.717) is 5.69 Å². The summed E-state index contributed by atoms with van der Waals surface area (Å²) in [6.45, 7) is 1.79. The number of aromatic nitrogens is 2. The van der Waals surface area contributed by atoms with Gasteiger partial charge < -0.3 is 4.74 Å². The first-order valence-electron chi connectivity index (χ1n) is 5.75. The van der Waals surface area contributed by atoms with Gasteiger partial charge in [-0.05, 0) is 41.1 Å². The van der Waals surface area contributed by atoms with Crippen LogP contribution in [0.4, 0.5) is 4.39 Å². The average Bonchev–Trinajstić information content (AvgIpc) is 2.42. The Morgan fingerprint density at radius 3 is 2.85 bits per heavy atom. The van der Waals surface area contributed by atoms with Crippen molar-refractivity contribution < 1.29 is 13.9 Å². The van der Waals surface area contributed by atoms with Crippen molar-refractivity contribution in [3.8, 4) is 5.69 Å². The number of esters is 1. The van der Waals surface area contributed by atoms with Gasteiger partial charge >= 0.3 is 5.97 Å². The third kappa shape index (κ3) is 2.93. The zero-order valence-electron chi connectivity index (χ0n) is 10.5. The van der Waals surface area contributed by atoms with Crippen molar-refractivity contribution >= 4 is 21.9 Å². The Bertz CT molecular complexity index is 715. The van der Waals surface area contributed by atoms with Gasteiger partial charge in [0.15, 0.2) is 0 Å². The molecule has 1 aromatic carbocycles. The van der Waals surface area contributed by atoms with E-state index < -0.39 is 17.2 Å². The molecule has 0 unspecified atom stereocenters. The normalized spacial score (nSPS) is 10.3. The molecular formula is C13H10BrFN2O3. The molecule has 2 aromatic rings. The van der Waals surface area contributed by atoms with Crippen LogP contribution in [0, 0.1) is 5.82 Å². The predicted octanol–water partition coefficient (Wildman–Crippen LogP) is 2.31. The van der Waals surface area contributed by atoms with Gasteiger partial charge in [-0.3, -0.25) is 4.79 Å². The average molecular weight is 341 g/mol. The highest BCUT2D eigenvalue weighted by molar-refractivity contribution is 9.10. The first-order valence-corrected chi connectivity index (χ1v) is 6.54. The molecule has 0 aliphatic carbocycles. The lowest BCUT2D eigenvalue weighted by Gasteiger charge is -2.07. The molecule has 0 bridgehead atoms. The zero-order chi connectivity index (χ0) is 14.7. The highest BCUT2D eigenvalue weighted by Gasteiger charge is 2.14. The number of carbonyl (C=O) groups is 1. The summed E-state index contributed by atoms with van der Waals surface area (Å²) < 4.78 is 19.5. The highest BCUT2D eigenvalue weighted by atomic mass is 79.9. The minimum absolute atomic E-state index is 0.150. The van der Waals surface area contributed by atoms with Crippen LogP contribution in [0.15, 0.2) is 39.7 Å². The Morgan fingerprint density at radius 1 is 1.45 bits per heavy atom. The number of carbonyl (C=O) groups excluding carboxylic acids is 1. The third-order valence-corrected chi connectivity index (χ3v) is 3.05. The molecule has 0 atom stereocenters. The lowest BCUT2D eigenvalue weighted by molar-refractivity contribution is 0.0515. The van der Waals surface area contributed by atoms with Crippen molar-refractivity contribution in [3.05, 3.63) is 56.7 Å². The van der Waals surface area contributed by atoms with Crippen LogP contribution in [0.5, 0.6) is 0 Å². The number of ether oxygens (including phenoxy) is 1.